The molecule has 0 N–H and O–H groups in total. The fraction of sp³-hybridized carbons (Fsp3) is 0.500. The first-order chi connectivity index (χ1) is 6.12. The van der Waals surface area contributed by atoms with Gasteiger partial charge in [-0.15, -0.1) is 0 Å². The summed E-state index contributed by atoms with van der Waals surface area (Å²) in [7, 11) is -1.11. The molecule has 0 amide bonds. The maximum absolute atomic E-state index is 2.51. The fourth-order valence-corrected chi connectivity index (χ4v) is 6.27. The van der Waals surface area contributed by atoms with E-state index in [2.05, 4.69) is 50.3 Å². The molecule has 70 valence electrons. The zero-order valence-corrected chi connectivity index (χ0v) is 9.75. The summed E-state index contributed by atoms with van der Waals surface area (Å²) in [5.74, 6) is 0.988. The van der Waals surface area contributed by atoms with Crippen molar-refractivity contribution in [2.75, 3.05) is 0 Å². The highest BCUT2D eigenvalue weighted by molar-refractivity contribution is 6.91. The van der Waals surface area contributed by atoms with E-state index < -0.39 is 8.07 Å². The van der Waals surface area contributed by atoms with Gasteiger partial charge >= 0.3 is 0 Å². The van der Waals surface area contributed by atoms with E-state index in [9.17, 15) is 0 Å². The van der Waals surface area contributed by atoms with Gasteiger partial charge in [0.15, 0.2) is 0 Å². The van der Waals surface area contributed by atoms with Gasteiger partial charge in [0.1, 0.15) is 0 Å². The number of hydrogen-bond acceptors (Lipinski definition) is 0. The topological polar surface area (TPSA) is 0 Å². The van der Waals surface area contributed by atoms with Crippen molar-refractivity contribution in [2.24, 2.45) is 5.92 Å². The second kappa shape index (κ2) is 2.98. The fourth-order valence-electron chi connectivity index (χ4n) is 2.41. The van der Waals surface area contributed by atoms with Crippen LogP contribution < -0.4 is 5.19 Å². The van der Waals surface area contributed by atoms with Crippen LogP contribution in [-0.2, 0) is 0 Å². The van der Waals surface area contributed by atoms with Gasteiger partial charge in [0, 0.05) is 0 Å². The molecule has 0 unspecified atom stereocenters. The minimum atomic E-state index is -1.11. The van der Waals surface area contributed by atoms with E-state index in [4.69, 9.17) is 0 Å². The van der Waals surface area contributed by atoms with Gasteiger partial charge in [-0.25, -0.2) is 0 Å². The molecule has 2 rings (SSSR count). The molecule has 1 aliphatic rings. The summed E-state index contributed by atoms with van der Waals surface area (Å²) in [5.41, 5.74) is 1.04. The van der Waals surface area contributed by atoms with E-state index in [1.807, 2.05) is 0 Å². The molecule has 0 spiro atoms. The smallest absolute Gasteiger partial charge is 0.0652 e. The standard InChI is InChI=1S/C12H18Si/c1-10-9-12(10)13(2,3)11-7-5-4-6-8-11/h4-8,10,12H,9H2,1-3H3/t10-,12+/m0/s1. The van der Waals surface area contributed by atoms with Crippen LogP contribution in [0.4, 0.5) is 0 Å². The van der Waals surface area contributed by atoms with Crippen molar-refractivity contribution in [1.82, 2.24) is 0 Å². The van der Waals surface area contributed by atoms with Crippen molar-refractivity contribution in [3.63, 3.8) is 0 Å². The van der Waals surface area contributed by atoms with Crippen molar-refractivity contribution in [1.29, 1.82) is 0 Å². The summed E-state index contributed by atoms with van der Waals surface area (Å²) >= 11 is 0. The Morgan fingerprint density at radius 2 is 1.69 bits per heavy atom. The molecule has 0 radical (unpaired) electrons. The minimum Gasteiger partial charge on any atom is -0.0652 e. The molecule has 1 aliphatic carbocycles. The zero-order valence-electron chi connectivity index (χ0n) is 8.75. The van der Waals surface area contributed by atoms with Crippen molar-refractivity contribution in [3.05, 3.63) is 30.3 Å². The van der Waals surface area contributed by atoms with Gasteiger partial charge in [-0.3, -0.25) is 0 Å². The number of benzene rings is 1. The lowest BCUT2D eigenvalue weighted by atomic mass is 10.4. The minimum absolute atomic E-state index is 0.988. The van der Waals surface area contributed by atoms with Gasteiger partial charge in [0.05, 0.1) is 8.07 Å². The largest absolute Gasteiger partial charge is 0.0839 e. The molecule has 1 heteroatoms. The van der Waals surface area contributed by atoms with Crippen LogP contribution in [0.15, 0.2) is 30.3 Å². The molecule has 13 heavy (non-hydrogen) atoms. The van der Waals surface area contributed by atoms with Crippen molar-refractivity contribution in [3.8, 4) is 0 Å². The van der Waals surface area contributed by atoms with Crippen molar-refractivity contribution >= 4 is 13.3 Å². The second-order valence-corrected chi connectivity index (χ2v) is 9.67. The Labute approximate surface area is 82.0 Å². The Kier molecular flexibility index (Phi) is 2.07. The normalized spacial score (nSPS) is 27.3. The monoisotopic (exact) mass is 190 g/mol. The van der Waals surface area contributed by atoms with Crippen LogP contribution in [0.2, 0.25) is 18.6 Å². The Morgan fingerprint density at radius 3 is 2.15 bits per heavy atom. The third kappa shape index (κ3) is 1.57. The Balaban J connectivity index is 2.25. The molecule has 1 fully saturated rings. The summed E-state index contributed by atoms with van der Waals surface area (Å²) in [6, 6.07) is 11.1. The second-order valence-electron chi connectivity index (χ2n) is 4.91. The lowest BCUT2D eigenvalue weighted by molar-refractivity contribution is 0.970. The molecule has 0 heterocycles. The molecule has 0 aromatic heterocycles. The van der Waals surface area contributed by atoms with Gasteiger partial charge in [0.2, 0.25) is 0 Å². The third-order valence-corrected chi connectivity index (χ3v) is 8.03. The van der Waals surface area contributed by atoms with E-state index in [1.54, 1.807) is 5.19 Å². The summed E-state index contributed by atoms with van der Waals surface area (Å²) in [6.07, 6.45) is 1.47. The Hall–Kier alpha value is -0.563. The zero-order chi connectivity index (χ0) is 9.47. The molecule has 0 bridgehead atoms. The van der Waals surface area contributed by atoms with Gasteiger partial charge < -0.3 is 0 Å². The SMILES string of the molecule is C[C@H]1C[C@H]1[Si](C)(C)c1ccccc1. The van der Waals surface area contributed by atoms with E-state index >= 15 is 0 Å². The first-order valence-electron chi connectivity index (χ1n) is 5.18. The third-order valence-electron chi connectivity index (χ3n) is 3.55. The average Bonchev–Trinajstić information content (AvgIpc) is 2.85. The van der Waals surface area contributed by atoms with E-state index in [1.165, 1.54) is 6.42 Å². The highest BCUT2D eigenvalue weighted by atomic mass is 28.3. The summed E-state index contributed by atoms with van der Waals surface area (Å²) < 4.78 is 0. The Morgan fingerprint density at radius 1 is 1.15 bits per heavy atom. The van der Waals surface area contributed by atoms with Gasteiger partial charge in [0.25, 0.3) is 0 Å². The molecule has 0 aliphatic heterocycles. The average molecular weight is 190 g/mol. The molecule has 1 aromatic carbocycles. The first kappa shape index (κ1) is 9.01. The molecular formula is C12H18Si. The van der Waals surface area contributed by atoms with Crippen LogP contribution in [-0.4, -0.2) is 8.07 Å². The quantitative estimate of drug-likeness (QED) is 0.629. The van der Waals surface area contributed by atoms with Crippen LogP contribution in [0.5, 0.6) is 0 Å². The van der Waals surface area contributed by atoms with Gasteiger partial charge in [-0.1, -0.05) is 55.5 Å². The van der Waals surface area contributed by atoms with E-state index in [0.717, 1.165) is 11.5 Å². The predicted molar refractivity (Wildman–Crippen MR) is 61.1 cm³/mol. The molecule has 0 nitrogen and oxygen atoms in total. The summed E-state index contributed by atoms with van der Waals surface area (Å²) in [6.45, 7) is 7.41. The molecule has 1 aromatic rings. The first-order valence-corrected chi connectivity index (χ1v) is 8.25. The van der Waals surface area contributed by atoms with Crippen LogP contribution in [0.3, 0.4) is 0 Å². The van der Waals surface area contributed by atoms with E-state index in [0.29, 0.717) is 0 Å². The van der Waals surface area contributed by atoms with E-state index in [-0.39, 0.29) is 0 Å². The summed E-state index contributed by atoms with van der Waals surface area (Å²) in [4.78, 5) is 0. The van der Waals surface area contributed by atoms with Gasteiger partial charge in [-0.05, 0) is 17.9 Å². The maximum atomic E-state index is 2.51. The summed E-state index contributed by atoms with van der Waals surface area (Å²) in [5, 5.41) is 1.63. The molecule has 1 saturated carbocycles. The maximum Gasteiger partial charge on any atom is 0.0839 e. The number of rotatable bonds is 2. The number of hydrogen-bond donors (Lipinski definition) is 0. The molecule has 0 saturated heterocycles. The molecule has 2 atom stereocenters. The van der Waals surface area contributed by atoms with Crippen molar-refractivity contribution < 1.29 is 0 Å². The van der Waals surface area contributed by atoms with Crippen LogP contribution in [0.25, 0.3) is 0 Å². The van der Waals surface area contributed by atoms with Gasteiger partial charge in [-0.2, -0.15) is 0 Å². The highest BCUT2D eigenvalue weighted by Gasteiger charge is 2.46. The lowest BCUT2D eigenvalue weighted by Crippen LogP contribution is -2.42. The van der Waals surface area contributed by atoms with Crippen LogP contribution >= 0.6 is 0 Å². The van der Waals surface area contributed by atoms with Crippen molar-refractivity contribution in [2.45, 2.75) is 32.0 Å². The lowest BCUT2D eigenvalue weighted by Gasteiger charge is -2.22. The molecular weight excluding hydrogens is 172 g/mol. The van der Waals surface area contributed by atoms with Crippen LogP contribution in [0, 0.1) is 5.92 Å². The highest BCUT2D eigenvalue weighted by Crippen LogP contribution is 2.50. The Bertz CT molecular complexity index is 289. The van der Waals surface area contributed by atoms with Crippen LogP contribution in [0.1, 0.15) is 13.3 Å². The predicted octanol–water partition coefficient (Wildman–Crippen LogP) is 3.01.